The van der Waals surface area contributed by atoms with Crippen molar-refractivity contribution in [1.29, 1.82) is 0 Å². The van der Waals surface area contributed by atoms with Gasteiger partial charge in [-0.15, -0.1) is 0 Å². The van der Waals surface area contributed by atoms with Crippen molar-refractivity contribution >= 4 is 0 Å². The Morgan fingerprint density at radius 3 is 2.40 bits per heavy atom. The van der Waals surface area contributed by atoms with Gasteiger partial charge < -0.3 is 9.84 Å². The predicted octanol–water partition coefficient (Wildman–Crippen LogP) is 3.75. The Bertz CT molecular complexity index is 591. The van der Waals surface area contributed by atoms with Crippen LogP contribution in [0.25, 0.3) is 0 Å². The molecule has 2 aromatic rings. The minimum absolute atomic E-state index is 0.357. The van der Waals surface area contributed by atoms with Gasteiger partial charge >= 0.3 is 0 Å². The average Bonchev–Trinajstić information content (AvgIpc) is 2.40. The number of halogens is 2. The molecule has 0 aliphatic carbocycles. The standard InChI is InChI=1S/C16H16F2O2/c1-3-20-14-8-7-10(2)9-11(14)16(19)15-12(17)5-4-6-13(15)18/h4-9,16,19H,3H2,1-2H3. The lowest BCUT2D eigenvalue weighted by molar-refractivity contribution is 0.201. The van der Waals surface area contributed by atoms with Crippen molar-refractivity contribution in [3.63, 3.8) is 0 Å². The summed E-state index contributed by atoms with van der Waals surface area (Å²) in [4.78, 5) is 0. The monoisotopic (exact) mass is 278 g/mol. The lowest BCUT2D eigenvalue weighted by Crippen LogP contribution is -2.08. The van der Waals surface area contributed by atoms with Gasteiger partial charge in [-0.05, 0) is 38.1 Å². The lowest BCUT2D eigenvalue weighted by Gasteiger charge is -2.17. The zero-order valence-corrected chi connectivity index (χ0v) is 11.4. The fourth-order valence-corrected chi connectivity index (χ4v) is 2.10. The molecule has 0 bridgehead atoms. The van der Waals surface area contributed by atoms with E-state index in [1.165, 1.54) is 6.07 Å². The van der Waals surface area contributed by atoms with Crippen LogP contribution < -0.4 is 4.74 Å². The van der Waals surface area contributed by atoms with Gasteiger partial charge in [0.05, 0.1) is 12.2 Å². The molecule has 1 atom stereocenters. The predicted molar refractivity (Wildman–Crippen MR) is 72.8 cm³/mol. The maximum atomic E-state index is 13.8. The first-order chi connectivity index (χ1) is 9.54. The fourth-order valence-electron chi connectivity index (χ4n) is 2.10. The van der Waals surface area contributed by atoms with Crippen LogP contribution in [-0.2, 0) is 0 Å². The second-order valence-corrected chi connectivity index (χ2v) is 4.51. The first-order valence-corrected chi connectivity index (χ1v) is 6.40. The molecule has 1 N–H and O–H groups in total. The number of hydrogen-bond donors (Lipinski definition) is 1. The molecule has 0 fully saturated rings. The van der Waals surface area contributed by atoms with Gasteiger partial charge in [0.2, 0.25) is 0 Å². The van der Waals surface area contributed by atoms with Crippen LogP contribution in [-0.4, -0.2) is 11.7 Å². The molecule has 0 aromatic heterocycles. The summed E-state index contributed by atoms with van der Waals surface area (Å²) in [5.41, 5.74) is 0.870. The molecule has 0 aliphatic heterocycles. The van der Waals surface area contributed by atoms with Gasteiger partial charge in [0.25, 0.3) is 0 Å². The maximum absolute atomic E-state index is 13.8. The average molecular weight is 278 g/mol. The SMILES string of the molecule is CCOc1ccc(C)cc1C(O)c1c(F)cccc1F. The Balaban J connectivity index is 2.52. The highest BCUT2D eigenvalue weighted by molar-refractivity contribution is 5.43. The molecule has 0 saturated heterocycles. The molecule has 2 nitrogen and oxygen atoms in total. The summed E-state index contributed by atoms with van der Waals surface area (Å²) in [5, 5.41) is 10.3. The molecule has 20 heavy (non-hydrogen) atoms. The van der Waals surface area contributed by atoms with Crippen LogP contribution in [0.15, 0.2) is 36.4 Å². The maximum Gasteiger partial charge on any atom is 0.132 e. The second kappa shape index (κ2) is 6.01. The summed E-state index contributed by atoms with van der Waals surface area (Å²) in [6.45, 7) is 4.05. The highest BCUT2D eigenvalue weighted by atomic mass is 19.1. The molecule has 0 heterocycles. The van der Waals surface area contributed by atoms with Crippen molar-refractivity contribution in [1.82, 2.24) is 0 Å². The van der Waals surface area contributed by atoms with Crippen molar-refractivity contribution in [3.05, 3.63) is 64.7 Å². The van der Waals surface area contributed by atoms with Crippen molar-refractivity contribution in [3.8, 4) is 5.75 Å². The van der Waals surface area contributed by atoms with Crippen LogP contribution in [0.5, 0.6) is 5.75 Å². The number of aryl methyl sites for hydroxylation is 1. The molecule has 0 spiro atoms. The Labute approximate surface area is 116 Å². The number of aliphatic hydroxyl groups is 1. The number of aliphatic hydroxyl groups excluding tert-OH is 1. The Morgan fingerprint density at radius 2 is 1.80 bits per heavy atom. The molecular formula is C16H16F2O2. The molecule has 2 rings (SSSR count). The molecule has 1 unspecified atom stereocenters. The molecule has 0 aliphatic rings. The van der Waals surface area contributed by atoms with Crippen molar-refractivity contribution in [2.75, 3.05) is 6.61 Å². The first kappa shape index (κ1) is 14.5. The van der Waals surface area contributed by atoms with E-state index in [1.54, 1.807) is 19.1 Å². The Hall–Kier alpha value is -1.94. The molecule has 106 valence electrons. The van der Waals surface area contributed by atoms with Crippen LogP contribution >= 0.6 is 0 Å². The van der Waals surface area contributed by atoms with Gasteiger partial charge in [-0.1, -0.05) is 17.7 Å². The highest BCUT2D eigenvalue weighted by Crippen LogP contribution is 2.33. The number of rotatable bonds is 4. The second-order valence-electron chi connectivity index (χ2n) is 4.51. The van der Waals surface area contributed by atoms with E-state index >= 15 is 0 Å². The van der Waals surface area contributed by atoms with Gasteiger partial charge in [0, 0.05) is 5.56 Å². The van der Waals surface area contributed by atoms with E-state index in [0.29, 0.717) is 17.9 Å². The molecule has 0 radical (unpaired) electrons. The summed E-state index contributed by atoms with van der Waals surface area (Å²) in [5.74, 6) is -1.13. The summed E-state index contributed by atoms with van der Waals surface area (Å²) < 4.78 is 32.9. The van der Waals surface area contributed by atoms with Crippen LogP contribution in [0.4, 0.5) is 8.78 Å². The molecule has 4 heteroatoms. The zero-order chi connectivity index (χ0) is 14.7. The van der Waals surface area contributed by atoms with Gasteiger partial charge in [0.1, 0.15) is 23.5 Å². The topological polar surface area (TPSA) is 29.5 Å². The minimum Gasteiger partial charge on any atom is -0.493 e. The van der Waals surface area contributed by atoms with E-state index < -0.39 is 17.7 Å². The summed E-state index contributed by atoms with van der Waals surface area (Å²) in [6, 6.07) is 8.69. The molecule has 2 aromatic carbocycles. The largest absolute Gasteiger partial charge is 0.493 e. The zero-order valence-electron chi connectivity index (χ0n) is 11.4. The summed E-state index contributed by atoms with van der Waals surface area (Å²) >= 11 is 0. The number of ether oxygens (including phenoxy) is 1. The first-order valence-electron chi connectivity index (χ1n) is 6.40. The third-order valence-corrected chi connectivity index (χ3v) is 3.03. The summed E-state index contributed by atoms with van der Waals surface area (Å²) in [7, 11) is 0. The van der Waals surface area contributed by atoms with E-state index in [-0.39, 0.29) is 5.56 Å². The van der Waals surface area contributed by atoms with E-state index in [4.69, 9.17) is 4.74 Å². The number of hydrogen-bond acceptors (Lipinski definition) is 2. The van der Waals surface area contributed by atoms with Crippen LogP contribution in [0.2, 0.25) is 0 Å². The normalized spacial score (nSPS) is 12.2. The van der Waals surface area contributed by atoms with E-state index in [1.807, 2.05) is 13.0 Å². The van der Waals surface area contributed by atoms with Crippen LogP contribution in [0.1, 0.15) is 29.7 Å². The Kier molecular flexibility index (Phi) is 4.35. The summed E-state index contributed by atoms with van der Waals surface area (Å²) in [6.07, 6.45) is -1.40. The van der Waals surface area contributed by atoms with Crippen molar-refractivity contribution in [2.24, 2.45) is 0 Å². The minimum atomic E-state index is -1.40. The Morgan fingerprint density at radius 1 is 1.15 bits per heavy atom. The lowest BCUT2D eigenvalue weighted by atomic mass is 9.98. The molecule has 0 saturated carbocycles. The van der Waals surface area contributed by atoms with Crippen LogP contribution in [0, 0.1) is 18.6 Å². The fraction of sp³-hybridized carbons (Fsp3) is 0.250. The smallest absolute Gasteiger partial charge is 0.132 e. The van der Waals surface area contributed by atoms with Gasteiger partial charge in [-0.3, -0.25) is 0 Å². The van der Waals surface area contributed by atoms with E-state index in [9.17, 15) is 13.9 Å². The third kappa shape index (κ3) is 2.80. The van der Waals surface area contributed by atoms with Gasteiger partial charge in [-0.25, -0.2) is 8.78 Å². The van der Waals surface area contributed by atoms with E-state index in [0.717, 1.165) is 17.7 Å². The molecular weight excluding hydrogens is 262 g/mol. The quantitative estimate of drug-likeness (QED) is 0.923. The van der Waals surface area contributed by atoms with E-state index in [2.05, 4.69) is 0 Å². The molecule has 0 amide bonds. The van der Waals surface area contributed by atoms with Crippen molar-refractivity contribution in [2.45, 2.75) is 20.0 Å². The third-order valence-electron chi connectivity index (χ3n) is 3.03. The van der Waals surface area contributed by atoms with Crippen molar-refractivity contribution < 1.29 is 18.6 Å². The highest BCUT2D eigenvalue weighted by Gasteiger charge is 2.22. The number of benzene rings is 2. The van der Waals surface area contributed by atoms with Gasteiger partial charge in [0.15, 0.2) is 0 Å². The van der Waals surface area contributed by atoms with Gasteiger partial charge in [-0.2, -0.15) is 0 Å². The van der Waals surface area contributed by atoms with Crippen LogP contribution in [0.3, 0.4) is 0 Å².